The monoisotopic (exact) mass is 227 g/mol. The van der Waals surface area contributed by atoms with Crippen molar-refractivity contribution in [3.8, 4) is 0 Å². The molecule has 92 valence electrons. The van der Waals surface area contributed by atoms with E-state index in [2.05, 4.69) is 5.43 Å². The summed E-state index contributed by atoms with van der Waals surface area (Å²) in [5, 5.41) is 0. The number of carbonyl (C=O) groups excluding carboxylic acids is 2. The molecule has 0 aromatic carbocycles. The summed E-state index contributed by atoms with van der Waals surface area (Å²) in [5.41, 5.74) is 1.82. The van der Waals surface area contributed by atoms with Gasteiger partial charge in [0.25, 0.3) is 0 Å². The molecule has 0 radical (unpaired) electrons. The molecule has 0 aliphatic carbocycles. The third-order valence-corrected chi connectivity index (χ3v) is 2.94. The van der Waals surface area contributed by atoms with E-state index in [0.29, 0.717) is 25.9 Å². The Morgan fingerprint density at radius 1 is 1.25 bits per heavy atom. The summed E-state index contributed by atoms with van der Waals surface area (Å²) >= 11 is 0. The van der Waals surface area contributed by atoms with Crippen molar-refractivity contribution in [2.75, 3.05) is 13.1 Å². The van der Waals surface area contributed by atoms with Gasteiger partial charge in [0, 0.05) is 24.4 Å². The van der Waals surface area contributed by atoms with E-state index in [1.807, 2.05) is 25.7 Å². The van der Waals surface area contributed by atoms with E-state index in [1.165, 1.54) is 0 Å². The van der Waals surface area contributed by atoms with Crippen LogP contribution in [0.4, 0.5) is 0 Å². The number of nitrogens with zero attached hydrogens (tertiary/aromatic N) is 1. The summed E-state index contributed by atoms with van der Waals surface area (Å²) in [6.45, 7) is 7.03. The molecule has 1 heterocycles. The van der Waals surface area contributed by atoms with Gasteiger partial charge in [0.15, 0.2) is 0 Å². The van der Waals surface area contributed by atoms with Gasteiger partial charge in [-0.3, -0.25) is 15.0 Å². The van der Waals surface area contributed by atoms with Crippen LogP contribution in [0.2, 0.25) is 0 Å². The summed E-state index contributed by atoms with van der Waals surface area (Å²) in [6, 6.07) is 0. The lowest BCUT2D eigenvalue weighted by atomic mass is 9.91. The Labute approximate surface area is 96.3 Å². The second kappa shape index (κ2) is 4.82. The van der Waals surface area contributed by atoms with Gasteiger partial charge in [-0.05, 0) is 12.8 Å². The van der Waals surface area contributed by atoms with E-state index in [-0.39, 0.29) is 23.1 Å². The number of rotatable bonds is 1. The summed E-state index contributed by atoms with van der Waals surface area (Å²) in [7, 11) is 0. The molecule has 5 heteroatoms. The van der Waals surface area contributed by atoms with Crippen molar-refractivity contribution in [3.63, 3.8) is 0 Å². The number of piperidine rings is 1. The zero-order chi connectivity index (χ0) is 12.3. The van der Waals surface area contributed by atoms with Crippen LogP contribution in [0.5, 0.6) is 0 Å². The fourth-order valence-corrected chi connectivity index (χ4v) is 1.94. The molecule has 1 aliphatic heterocycles. The van der Waals surface area contributed by atoms with Crippen LogP contribution >= 0.6 is 0 Å². The first-order chi connectivity index (χ1) is 7.36. The second-order valence-electron chi connectivity index (χ2n) is 5.33. The number of likely N-dealkylation sites (tertiary alicyclic amines) is 1. The number of hydrogen-bond acceptors (Lipinski definition) is 3. The number of nitrogens with one attached hydrogen (secondary N) is 1. The molecule has 1 aliphatic rings. The number of nitrogens with two attached hydrogens (primary N) is 1. The zero-order valence-corrected chi connectivity index (χ0v) is 10.2. The van der Waals surface area contributed by atoms with E-state index < -0.39 is 0 Å². The third kappa shape index (κ3) is 2.95. The molecule has 3 N–H and O–H groups in total. The van der Waals surface area contributed by atoms with Crippen molar-refractivity contribution in [1.29, 1.82) is 0 Å². The first kappa shape index (κ1) is 13.0. The number of hydrazine groups is 1. The first-order valence-electron chi connectivity index (χ1n) is 5.66. The highest BCUT2D eigenvalue weighted by Gasteiger charge is 2.31. The van der Waals surface area contributed by atoms with E-state index in [0.717, 1.165) is 0 Å². The average Bonchev–Trinajstić information content (AvgIpc) is 2.26. The summed E-state index contributed by atoms with van der Waals surface area (Å²) < 4.78 is 0. The van der Waals surface area contributed by atoms with Gasteiger partial charge >= 0.3 is 0 Å². The highest BCUT2D eigenvalue weighted by Crippen LogP contribution is 2.23. The van der Waals surface area contributed by atoms with Gasteiger partial charge in [-0.15, -0.1) is 0 Å². The zero-order valence-electron chi connectivity index (χ0n) is 10.2. The van der Waals surface area contributed by atoms with Crippen LogP contribution in [0.1, 0.15) is 33.6 Å². The SMILES string of the molecule is CC(C)(C)C(=O)N1CCC(C(=O)NN)CC1. The van der Waals surface area contributed by atoms with Crippen LogP contribution in [-0.2, 0) is 9.59 Å². The third-order valence-electron chi connectivity index (χ3n) is 2.94. The van der Waals surface area contributed by atoms with Gasteiger partial charge in [0.05, 0.1) is 0 Å². The molecule has 1 rings (SSSR count). The van der Waals surface area contributed by atoms with Crippen LogP contribution in [0.3, 0.4) is 0 Å². The van der Waals surface area contributed by atoms with Gasteiger partial charge in [-0.2, -0.15) is 0 Å². The topological polar surface area (TPSA) is 75.4 Å². The molecule has 1 saturated heterocycles. The largest absolute Gasteiger partial charge is 0.342 e. The fourth-order valence-electron chi connectivity index (χ4n) is 1.94. The van der Waals surface area contributed by atoms with Crippen LogP contribution in [0.25, 0.3) is 0 Å². The molecule has 0 aromatic rings. The Hall–Kier alpha value is -1.10. The predicted octanol–water partition coefficient (Wildman–Crippen LogP) is 0.261. The first-order valence-corrected chi connectivity index (χ1v) is 5.66. The Morgan fingerprint density at radius 2 is 1.75 bits per heavy atom. The minimum absolute atomic E-state index is 0.0472. The molecular formula is C11H21N3O2. The average molecular weight is 227 g/mol. The van der Waals surface area contributed by atoms with Crippen molar-refractivity contribution >= 4 is 11.8 Å². The lowest BCUT2D eigenvalue weighted by Gasteiger charge is -2.35. The Morgan fingerprint density at radius 3 is 2.12 bits per heavy atom. The van der Waals surface area contributed by atoms with E-state index in [1.54, 1.807) is 0 Å². The lowest BCUT2D eigenvalue weighted by molar-refractivity contribution is -0.142. The number of carbonyl (C=O) groups is 2. The normalized spacial score (nSPS) is 18.4. The summed E-state index contributed by atoms with van der Waals surface area (Å²) in [5.74, 6) is 5.07. The summed E-state index contributed by atoms with van der Waals surface area (Å²) in [6.07, 6.45) is 1.40. The van der Waals surface area contributed by atoms with E-state index in [9.17, 15) is 9.59 Å². The summed E-state index contributed by atoms with van der Waals surface area (Å²) in [4.78, 5) is 25.1. The highest BCUT2D eigenvalue weighted by atomic mass is 16.2. The van der Waals surface area contributed by atoms with Crippen LogP contribution in [0.15, 0.2) is 0 Å². The molecular weight excluding hydrogens is 206 g/mol. The molecule has 1 fully saturated rings. The molecule has 0 atom stereocenters. The van der Waals surface area contributed by atoms with Gasteiger partial charge in [0.2, 0.25) is 11.8 Å². The van der Waals surface area contributed by atoms with Gasteiger partial charge in [-0.25, -0.2) is 5.84 Å². The van der Waals surface area contributed by atoms with Gasteiger partial charge in [0.1, 0.15) is 0 Å². The maximum Gasteiger partial charge on any atom is 0.237 e. The standard InChI is InChI=1S/C11H21N3O2/c1-11(2,3)10(16)14-6-4-8(5-7-14)9(15)13-12/h8H,4-7,12H2,1-3H3,(H,13,15). The second-order valence-corrected chi connectivity index (χ2v) is 5.33. The van der Waals surface area contributed by atoms with Crippen molar-refractivity contribution in [1.82, 2.24) is 10.3 Å². The Bertz CT molecular complexity index is 275. The molecule has 0 unspecified atom stereocenters. The smallest absolute Gasteiger partial charge is 0.237 e. The molecule has 5 nitrogen and oxygen atoms in total. The molecule has 0 bridgehead atoms. The molecule has 0 saturated carbocycles. The highest BCUT2D eigenvalue weighted by molar-refractivity contribution is 5.82. The van der Waals surface area contributed by atoms with Crippen molar-refractivity contribution < 1.29 is 9.59 Å². The molecule has 0 aromatic heterocycles. The molecule has 2 amide bonds. The maximum absolute atomic E-state index is 12.0. The lowest BCUT2D eigenvalue weighted by Crippen LogP contribution is -2.47. The number of hydrogen-bond donors (Lipinski definition) is 2. The minimum Gasteiger partial charge on any atom is -0.342 e. The van der Waals surface area contributed by atoms with Crippen molar-refractivity contribution in [3.05, 3.63) is 0 Å². The van der Waals surface area contributed by atoms with Crippen LogP contribution in [-0.4, -0.2) is 29.8 Å². The van der Waals surface area contributed by atoms with Gasteiger partial charge in [-0.1, -0.05) is 20.8 Å². The molecule has 16 heavy (non-hydrogen) atoms. The van der Waals surface area contributed by atoms with Crippen LogP contribution in [0, 0.1) is 11.3 Å². The maximum atomic E-state index is 12.0. The Balaban J connectivity index is 2.49. The quantitative estimate of drug-likeness (QED) is 0.383. The fraction of sp³-hybridized carbons (Fsp3) is 0.818. The van der Waals surface area contributed by atoms with Crippen molar-refractivity contribution in [2.45, 2.75) is 33.6 Å². The van der Waals surface area contributed by atoms with Gasteiger partial charge < -0.3 is 4.90 Å². The van der Waals surface area contributed by atoms with E-state index >= 15 is 0 Å². The van der Waals surface area contributed by atoms with Crippen LogP contribution < -0.4 is 11.3 Å². The molecule has 0 spiro atoms. The van der Waals surface area contributed by atoms with Crippen molar-refractivity contribution in [2.24, 2.45) is 17.2 Å². The minimum atomic E-state index is -0.344. The Kier molecular flexibility index (Phi) is 3.91. The number of amides is 2. The predicted molar refractivity (Wildman–Crippen MR) is 61.1 cm³/mol. The van der Waals surface area contributed by atoms with E-state index in [4.69, 9.17) is 5.84 Å².